The monoisotopic (exact) mass is 340 g/mol. The Hall–Kier alpha value is -0.810. The normalized spacial score (nSPS) is 17.5. The maximum Gasteiger partial charge on any atom is 0.0900 e. The van der Waals surface area contributed by atoms with Crippen LogP contribution >= 0.6 is 11.6 Å². The molecule has 1 aliphatic heterocycles. The van der Waals surface area contributed by atoms with Crippen LogP contribution in [0, 0.1) is 6.92 Å². The van der Waals surface area contributed by atoms with E-state index in [1.54, 1.807) is 0 Å². The lowest BCUT2D eigenvalue weighted by molar-refractivity contribution is 0.0150. The Morgan fingerprint density at radius 2 is 2.00 bits per heavy atom. The first-order chi connectivity index (χ1) is 11.1. The molecule has 1 unspecified atom stereocenters. The van der Waals surface area contributed by atoms with E-state index in [9.17, 15) is 5.11 Å². The summed E-state index contributed by atoms with van der Waals surface area (Å²) < 4.78 is 5.49. The zero-order chi connectivity index (χ0) is 16.7. The van der Waals surface area contributed by atoms with Gasteiger partial charge in [0.05, 0.1) is 12.7 Å². The van der Waals surface area contributed by atoms with Gasteiger partial charge in [-0.3, -0.25) is 4.90 Å². The Bertz CT molecular complexity index is 476. The van der Waals surface area contributed by atoms with E-state index in [0.717, 1.165) is 50.7 Å². The molecular weight excluding hydrogens is 312 g/mol. The number of rotatable bonds is 8. The molecule has 1 aliphatic rings. The SMILES string of the molecule is CCCCOCC(O)CN1CCN(c2cc(Cl)ccc2C)CC1. The summed E-state index contributed by atoms with van der Waals surface area (Å²) in [5, 5.41) is 10.9. The van der Waals surface area contributed by atoms with Crippen LogP contribution in [0.3, 0.4) is 0 Å². The molecule has 5 heteroatoms. The smallest absolute Gasteiger partial charge is 0.0900 e. The van der Waals surface area contributed by atoms with Crippen LogP contribution in [0.5, 0.6) is 0 Å². The highest BCUT2D eigenvalue weighted by atomic mass is 35.5. The van der Waals surface area contributed by atoms with Crippen LogP contribution in [0.15, 0.2) is 18.2 Å². The van der Waals surface area contributed by atoms with Crippen molar-refractivity contribution in [2.45, 2.75) is 32.8 Å². The van der Waals surface area contributed by atoms with Crippen molar-refractivity contribution in [2.24, 2.45) is 0 Å². The predicted molar refractivity (Wildman–Crippen MR) is 96.6 cm³/mol. The molecule has 23 heavy (non-hydrogen) atoms. The Morgan fingerprint density at radius 1 is 1.26 bits per heavy atom. The predicted octanol–water partition coefficient (Wildman–Crippen LogP) is 2.95. The van der Waals surface area contributed by atoms with E-state index in [1.807, 2.05) is 12.1 Å². The number of halogens is 1. The molecule has 0 aliphatic carbocycles. The minimum atomic E-state index is -0.397. The quantitative estimate of drug-likeness (QED) is 0.738. The summed E-state index contributed by atoms with van der Waals surface area (Å²) in [6.45, 7) is 9.97. The van der Waals surface area contributed by atoms with Crippen LogP contribution in [0.1, 0.15) is 25.3 Å². The largest absolute Gasteiger partial charge is 0.389 e. The molecule has 130 valence electrons. The number of benzene rings is 1. The van der Waals surface area contributed by atoms with E-state index in [-0.39, 0.29) is 0 Å². The van der Waals surface area contributed by atoms with E-state index < -0.39 is 6.10 Å². The van der Waals surface area contributed by atoms with Gasteiger partial charge in [-0.2, -0.15) is 0 Å². The third-order valence-corrected chi connectivity index (χ3v) is 4.54. The lowest BCUT2D eigenvalue weighted by Gasteiger charge is -2.37. The van der Waals surface area contributed by atoms with Gasteiger partial charge < -0.3 is 14.7 Å². The summed E-state index contributed by atoms with van der Waals surface area (Å²) in [6.07, 6.45) is 1.79. The average molecular weight is 341 g/mol. The van der Waals surface area contributed by atoms with Crippen LogP contribution in [0.2, 0.25) is 5.02 Å². The summed E-state index contributed by atoms with van der Waals surface area (Å²) in [4.78, 5) is 4.69. The van der Waals surface area contributed by atoms with Gasteiger partial charge in [-0.05, 0) is 31.0 Å². The second kappa shape index (κ2) is 9.48. The molecule has 2 rings (SSSR count). The summed E-state index contributed by atoms with van der Waals surface area (Å²) in [7, 11) is 0. The van der Waals surface area contributed by atoms with E-state index >= 15 is 0 Å². The number of ether oxygens (including phenoxy) is 1. The molecule has 1 aromatic carbocycles. The van der Waals surface area contributed by atoms with Crippen molar-refractivity contribution in [3.05, 3.63) is 28.8 Å². The van der Waals surface area contributed by atoms with Crippen LogP contribution < -0.4 is 4.90 Å². The number of anilines is 1. The Kier molecular flexibility index (Phi) is 7.63. The van der Waals surface area contributed by atoms with E-state index in [1.165, 1.54) is 11.3 Å². The second-order valence-electron chi connectivity index (χ2n) is 6.30. The highest BCUT2D eigenvalue weighted by molar-refractivity contribution is 6.30. The lowest BCUT2D eigenvalue weighted by Crippen LogP contribution is -2.49. The number of hydrogen-bond acceptors (Lipinski definition) is 4. The molecule has 0 saturated carbocycles. The summed E-state index contributed by atoms with van der Waals surface area (Å²) in [5.41, 5.74) is 2.48. The molecule has 1 heterocycles. The molecule has 0 amide bonds. The number of β-amino-alcohol motifs (C(OH)–C–C–N with tert-alkyl or cyclic N) is 1. The molecule has 0 spiro atoms. The number of piperazine rings is 1. The first-order valence-electron chi connectivity index (χ1n) is 8.59. The molecule has 1 atom stereocenters. The number of unbranched alkanes of at least 4 members (excludes halogenated alkanes) is 1. The van der Waals surface area contributed by atoms with Crippen molar-refractivity contribution in [2.75, 3.05) is 50.8 Å². The number of aliphatic hydroxyl groups is 1. The van der Waals surface area contributed by atoms with Gasteiger partial charge in [0.1, 0.15) is 0 Å². The van der Waals surface area contributed by atoms with Crippen LogP contribution in [-0.4, -0.2) is 62.0 Å². The Balaban J connectivity index is 1.74. The first kappa shape index (κ1) is 18.5. The van der Waals surface area contributed by atoms with Crippen LogP contribution in [0.25, 0.3) is 0 Å². The maximum absolute atomic E-state index is 10.1. The zero-order valence-electron chi connectivity index (χ0n) is 14.3. The molecule has 4 nitrogen and oxygen atoms in total. The van der Waals surface area contributed by atoms with E-state index in [2.05, 4.69) is 29.7 Å². The van der Waals surface area contributed by atoms with Gasteiger partial charge in [0.15, 0.2) is 0 Å². The minimum Gasteiger partial charge on any atom is -0.389 e. The molecule has 0 bridgehead atoms. The molecule has 1 N–H and O–H groups in total. The van der Waals surface area contributed by atoms with Gasteiger partial charge in [0, 0.05) is 50.0 Å². The Morgan fingerprint density at radius 3 is 2.70 bits per heavy atom. The second-order valence-corrected chi connectivity index (χ2v) is 6.74. The fraction of sp³-hybridized carbons (Fsp3) is 0.667. The van der Waals surface area contributed by atoms with Crippen LogP contribution in [-0.2, 0) is 4.74 Å². The van der Waals surface area contributed by atoms with E-state index in [0.29, 0.717) is 13.2 Å². The highest BCUT2D eigenvalue weighted by Crippen LogP contribution is 2.25. The highest BCUT2D eigenvalue weighted by Gasteiger charge is 2.20. The summed E-state index contributed by atoms with van der Waals surface area (Å²) in [5.74, 6) is 0. The fourth-order valence-electron chi connectivity index (χ4n) is 2.91. The lowest BCUT2D eigenvalue weighted by atomic mass is 10.1. The van der Waals surface area contributed by atoms with Gasteiger partial charge >= 0.3 is 0 Å². The number of aliphatic hydroxyl groups excluding tert-OH is 1. The molecule has 0 radical (unpaired) electrons. The number of hydrogen-bond donors (Lipinski definition) is 1. The topological polar surface area (TPSA) is 35.9 Å². The fourth-order valence-corrected chi connectivity index (χ4v) is 3.08. The minimum absolute atomic E-state index is 0.397. The van der Waals surface area contributed by atoms with Crippen molar-refractivity contribution >= 4 is 17.3 Å². The third-order valence-electron chi connectivity index (χ3n) is 4.31. The summed E-state index contributed by atoms with van der Waals surface area (Å²) >= 11 is 6.12. The van der Waals surface area contributed by atoms with Crippen molar-refractivity contribution in [1.29, 1.82) is 0 Å². The zero-order valence-corrected chi connectivity index (χ0v) is 15.1. The standard InChI is InChI=1S/C18H29ClN2O2/c1-3-4-11-23-14-17(22)13-20-7-9-21(10-8-20)18-12-16(19)6-5-15(18)2/h5-6,12,17,22H,3-4,7-11,13-14H2,1-2H3. The van der Waals surface area contributed by atoms with Gasteiger partial charge in [0.2, 0.25) is 0 Å². The average Bonchev–Trinajstić information content (AvgIpc) is 2.55. The van der Waals surface area contributed by atoms with Gasteiger partial charge in [-0.25, -0.2) is 0 Å². The van der Waals surface area contributed by atoms with Crippen LogP contribution in [0.4, 0.5) is 5.69 Å². The molecule has 1 saturated heterocycles. The number of nitrogens with zero attached hydrogens (tertiary/aromatic N) is 2. The first-order valence-corrected chi connectivity index (χ1v) is 8.97. The molecule has 0 aromatic heterocycles. The van der Waals surface area contributed by atoms with Gasteiger partial charge in [0.25, 0.3) is 0 Å². The van der Waals surface area contributed by atoms with Crippen molar-refractivity contribution < 1.29 is 9.84 Å². The maximum atomic E-state index is 10.1. The number of aryl methyl sites for hydroxylation is 1. The molecule has 1 fully saturated rings. The van der Waals surface area contributed by atoms with Crippen molar-refractivity contribution in [1.82, 2.24) is 4.90 Å². The summed E-state index contributed by atoms with van der Waals surface area (Å²) in [6, 6.07) is 6.05. The van der Waals surface area contributed by atoms with Crippen molar-refractivity contribution in [3.63, 3.8) is 0 Å². The van der Waals surface area contributed by atoms with Gasteiger partial charge in [-0.1, -0.05) is 31.0 Å². The molecular formula is C18H29ClN2O2. The Labute approximate surface area is 145 Å². The third kappa shape index (κ3) is 5.96. The van der Waals surface area contributed by atoms with Crippen molar-refractivity contribution in [3.8, 4) is 0 Å². The van der Waals surface area contributed by atoms with Gasteiger partial charge in [-0.15, -0.1) is 0 Å². The molecule has 1 aromatic rings. The van der Waals surface area contributed by atoms with E-state index in [4.69, 9.17) is 16.3 Å².